The predicted octanol–water partition coefficient (Wildman–Crippen LogP) is 3.98. The molecule has 0 spiro atoms. The average molecular weight is 381 g/mol. The van der Waals surface area contributed by atoms with Crippen LogP contribution in [0.4, 0.5) is 0 Å². The molecule has 0 saturated heterocycles. The van der Waals surface area contributed by atoms with Crippen molar-refractivity contribution in [2.45, 2.75) is 10.8 Å². The largest absolute Gasteiger partial charge is 0.253 e. The molecule has 102 valence electrons. The van der Waals surface area contributed by atoms with Gasteiger partial charge >= 0.3 is 0 Å². The van der Waals surface area contributed by atoms with Crippen molar-refractivity contribution in [3.8, 4) is 0 Å². The van der Waals surface area contributed by atoms with E-state index in [1.54, 1.807) is 36.7 Å². The lowest BCUT2D eigenvalue weighted by atomic mass is 10.2. The monoisotopic (exact) mass is 379 g/mol. The maximum atomic E-state index is 12.4. The van der Waals surface area contributed by atoms with Gasteiger partial charge in [-0.25, -0.2) is 8.42 Å². The summed E-state index contributed by atoms with van der Waals surface area (Å²) in [5.74, 6) is 0. The van der Waals surface area contributed by atoms with Gasteiger partial charge in [0, 0.05) is 23.1 Å². The smallest absolute Gasteiger partial charge is 0.206 e. The Bertz CT molecular complexity index is 685. The molecule has 2 rings (SSSR count). The third kappa shape index (κ3) is 3.38. The molecule has 1 heterocycles. The van der Waals surface area contributed by atoms with E-state index in [9.17, 15) is 8.42 Å². The summed E-state index contributed by atoms with van der Waals surface area (Å²) in [6.45, 7) is 0.285. The molecule has 1 aromatic carbocycles. The normalized spacial score (nSPS) is 12.0. The molecule has 3 nitrogen and oxygen atoms in total. The van der Waals surface area contributed by atoms with E-state index in [0.29, 0.717) is 13.7 Å². The highest BCUT2D eigenvalue weighted by Crippen LogP contribution is 2.30. The zero-order valence-corrected chi connectivity index (χ0v) is 14.0. The van der Waals surface area contributed by atoms with Crippen molar-refractivity contribution in [2.24, 2.45) is 0 Å². The van der Waals surface area contributed by atoms with Gasteiger partial charge in [-0.2, -0.15) is 4.31 Å². The lowest BCUT2D eigenvalue weighted by molar-refractivity contribution is 0.468. The summed E-state index contributed by atoms with van der Waals surface area (Å²) in [6.07, 6.45) is 0. The van der Waals surface area contributed by atoms with E-state index in [0.717, 1.165) is 5.56 Å². The molecule has 0 saturated carbocycles. The fourth-order valence-corrected chi connectivity index (χ4v) is 5.46. The van der Waals surface area contributed by atoms with E-state index in [4.69, 9.17) is 11.6 Å². The second-order valence-corrected chi connectivity index (χ2v) is 8.39. The van der Waals surface area contributed by atoms with Crippen molar-refractivity contribution in [3.63, 3.8) is 0 Å². The molecule has 0 aliphatic carbocycles. The zero-order chi connectivity index (χ0) is 14.0. The first-order valence-corrected chi connectivity index (χ1v) is 8.84. The number of hydrogen-bond donors (Lipinski definition) is 0. The SMILES string of the molecule is CN(Cc1cccc(Cl)c1)S(=O)(=O)c1sccc1Br. The van der Waals surface area contributed by atoms with Crippen molar-refractivity contribution in [2.75, 3.05) is 7.05 Å². The fraction of sp³-hybridized carbons (Fsp3) is 0.167. The van der Waals surface area contributed by atoms with Crippen LogP contribution in [-0.4, -0.2) is 19.8 Å². The Kier molecular flexibility index (Phi) is 4.68. The summed E-state index contributed by atoms with van der Waals surface area (Å²) in [5.41, 5.74) is 0.853. The zero-order valence-electron chi connectivity index (χ0n) is 10.0. The Morgan fingerprint density at radius 3 is 2.68 bits per heavy atom. The minimum atomic E-state index is -3.48. The van der Waals surface area contributed by atoms with Crippen LogP contribution in [0, 0.1) is 0 Å². The molecule has 0 fully saturated rings. The van der Waals surface area contributed by atoms with Gasteiger partial charge in [0.1, 0.15) is 4.21 Å². The first kappa shape index (κ1) is 15.0. The van der Waals surface area contributed by atoms with Gasteiger partial charge in [-0.1, -0.05) is 23.7 Å². The van der Waals surface area contributed by atoms with Crippen LogP contribution >= 0.6 is 38.9 Å². The summed E-state index contributed by atoms with van der Waals surface area (Å²) >= 11 is 10.3. The molecule has 0 amide bonds. The first-order chi connectivity index (χ1) is 8.91. The van der Waals surface area contributed by atoms with Crippen LogP contribution in [0.5, 0.6) is 0 Å². The Morgan fingerprint density at radius 2 is 2.11 bits per heavy atom. The third-order valence-electron chi connectivity index (χ3n) is 2.52. The molecular formula is C12H11BrClNO2S2. The molecule has 0 N–H and O–H groups in total. The minimum Gasteiger partial charge on any atom is -0.206 e. The number of rotatable bonds is 4. The van der Waals surface area contributed by atoms with Gasteiger partial charge in [-0.05, 0) is 45.1 Å². The third-order valence-corrected chi connectivity index (χ3v) is 7.21. The molecule has 19 heavy (non-hydrogen) atoms. The average Bonchev–Trinajstić information content (AvgIpc) is 2.76. The maximum absolute atomic E-state index is 12.4. The lowest BCUT2D eigenvalue weighted by Crippen LogP contribution is -2.26. The molecule has 0 bridgehead atoms. The van der Waals surface area contributed by atoms with Gasteiger partial charge in [-0.15, -0.1) is 11.3 Å². The van der Waals surface area contributed by atoms with Crippen LogP contribution < -0.4 is 0 Å². The summed E-state index contributed by atoms with van der Waals surface area (Å²) in [4.78, 5) is 0. The quantitative estimate of drug-likeness (QED) is 0.804. The first-order valence-electron chi connectivity index (χ1n) is 5.35. The van der Waals surface area contributed by atoms with Crippen LogP contribution in [-0.2, 0) is 16.6 Å². The number of halogens is 2. The molecule has 0 radical (unpaired) electrons. The molecule has 0 unspecified atom stereocenters. The topological polar surface area (TPSA) is 37.4 Å². The van der Waals surface area contributed by atoms with Gasteiger partial charge in [-0.3, -0.25) is 0 Å². The summed E-state index contributed by atoms with van der Waals surface area (Å²) < 4.78 is 27.0. The number of nitrogens with zero attached hydrogens (tertiary/aromatic N) is 1. The Labute approximate surface area is 130 Å². The number of sulfonamides is 1. The van der Waals surface area contributed by atoms with Gasteiger partial charge < -0.3 is 0 Å². The number of benzene rings is 1. The summed E-state index contributed by atoms with van der Waals surface area (Å²) in [7, 11) is -1.92. The summed E-state index contributed by atoms with van der Waals surface area (Å²) in [5, 5.41) is 2.34. The van der Waals surface area contributed by atoms with Crippen LogP contribution in [0.2, 0.25) is 5.02 Å². The van der Waals surface area contributed by atoms with Crippen molar-refractivity contribution in [1.29, 1.82) is 0 Å². The lowest BCUT2D eigenvalue weighted by Gasteiger charge is -2.16. The fourth-order valence-electron chi connectivity index (χ4n) is 1.58. The highest BCUT2D eigenvalue weighted by molar-refractivity contribution is 9.10. The predicted molar refractivity (Wildman–Crippen MR) is 82.1 cm³/mol. The molecule has 7 heteroatoms. The molecule has 0 aliphatic heterocycles. The van der Waals surface area contributed by atoms with Gasteiger partial charge in [0.15, 0.2) is 0 Å². The van der Waals surface area contributed by atoms with E-state index in [1.165, 1.54) is 15.6 Å². The molecule has 2 aromatic rings. The van der Waals surface area contributed by atoms with Gasteiger partial charge in [0.2, 0.25) is 0 Å². The van der Waals surface area contributed by atoms with Crippen molar-refractivity contribution in [3.05, 3.63) is 50.8 Å². The highest BCUT2D eigenvalue weighted by atomic mass is 79.9. The van der Waals surface area contributed by atoms with Gasteiger partial charge in [0.05, 0.1) is 0 Å². The van der Waals surface area contributed by atoms with Crippen LogP contribution in [0.15, 0.2) is 44.4 Å². The van der Waals surface area contributed by atoms with E-state index in [-0.39, 0.29) is 6.54 Å². The van der Waals surface area contributed by atoms with Crippen molar-refractivity contribution < 1.29 is 8.42 Å². The summed E-state index contributed by atoms with van der Waals surface area (Å²) in [6, 6.07) is 8.90. The molecule has 1 aromatic heterocycles. The Morgan fingerprint density at radius 1 is 1.37 bits per heavy atom. The van der Waals surface area contributed by atoms with E-state index >= 15 is 0 Å². The van der Waals surface area contributed by atoms with Crippen molar-refractivity contribution in [1.82, 2.24) is 4.31 Å². The van der Waals surface area contributed by atoms with E-state index in [1.807, 2.05) is 6.07 Å². The van der Waals surface area contributed by atoms with Crippen LogP contribution in [0.1, 0.15) is 5.56 Å². The highest BCUT2D eigenvalue weighted by Gasteiger charge is 2.24. The number of hydrogen-bond acceptors (Lipinski definition) is 3. The maximum Gasteiger partial charge on any atom is 0.253 e. The Hall–Kier alpha value is -0.400. The van der Waals surface area contributed by atoms with Crippen LogP contribution in [0.3, 0.4) is 0 Å². The number of thiophene rings is 1. The standard InChI is InChI=1S/C12H11BrClNO2S2/c1-15(8-9-3-2-4-10(14)7-9)19(16,17)12-11(13)5-6-18-12/h2-7H,8H2,1H3. The van der Waals surface area contributed by atoms with Crippen LogP contribution in [0.25, 0.3) is 0 Å². The van der Waals surface area contributed by atoms with E-state index < -0.39 is 10.0 Å². The van der Waals surface area contributed by atoms with Gasteiger partial charge in [0.25, 0.3) is 10.0 Å². The second kappa shape index (κ2) is 5.93. The molecule has 0 atom stereocenters. The van der Waals surface area contributed by atoms with Crippen molar-refractivity contribution >= 4 is 48.9 Å². The molecular weight excluding hydrogens is 370 g/mol. The Balaban J connectivity index is 2.25. The van der Waals surface area contributed by atoms with E-state index in [2.05, 4.69) is 15.9 Å². The second-order valence-electron chi connectivity index (χ2n) is 3.95. The minimum absolute atomic E-state index is 0.285. The molecule has 0 aliphatic rings.